The minimum Gasteiger partial charge on any atom is -0.481 e. The summed E-state index contributed by atoms with van der Waals surface area (Å²) in [4.78, 5) is 20.4. The van der Waals surface area contributed by atoms with E-state index in [1.54, 1.807) is 0 Å². The molecule has 0 spiro atoms. The van der Waals surface area contributed by atoms with Gasteiger partial charge in [-0.15, -0.1) is 0 Å². The van der Waals surface area contributed by atoms with Crippen molar-refractivity contribution in [1.82, 2.24) is 14.5 Å². The van der Waals surface area contributed by atoms with Gasteiger partial charge in [-0.3, -0.25) is 9.78 Å². The minimum atomic E-state index is -0.673. The van der Waals surface area contributed by atoms with E-state index in [1.807, 2.05) is 37.5 Å². The lowest BCUT2D eigenvalue weighted by atomic mass is 9.77. The first-order valence-corrected chi connectivity index (χ1v) is 11.3. The molecule has 162 valence electrons. The van der Waals surface area contributed by atoms with Crippen molar-refractivity contribution in [3.05, 3.63) is 72.4 Å². The minimum absolute atomic E-state index is 0.308. The summed E-state index contributed by atoms with van der Waals surface area (Å²) in [6.07, 6.45) is 6.39. The third kappa shape index (κ3) is 4.03. The molecule has 1 aliphatic carbocycles. The number of carboxylic acids is 1. The number of fused-ring (bicyclic) bond motifs is 1. The van der Waals surface area contributed by atoms with Gasteiger partial charge < -0.3 is 9.67 Å². The molecule has 1 saturated carbocycles. The molecule has 0 atom stereocenters. The molecule has 5 rings (SSSR count). The quantitative estimate of drug-likeness (QED) is 0.423. The van der Waals surface area contributed by atoms with Gasteiger partial charge in [0, 0.05) is 25.2 Å². The van der Waals surface area contributed by atoms with Gasteiger partial charge in [-0.05, 0) is 66.8 Å². The molecular formula is C27H27N3O2. The van der Waals surface area contributed by atoms with Crippen molar-refractivity contribution in [3.63, 3.8) is 0 Å². The molecule has 1 aliphatic rings. The van der Waals surface area contributed by atoms with Crippen molar-refractivity contribution in [2.24, 2.45) is 13.0 Å². The molecule has 2 aromatic carbocycles. The Morgan fingerprint density at radius 2 is 1.69 bits per heavy atom. The third-order valence-corrected chi connectivity index (χ3v) is 6.81. The predicted molar refractivity (Wildman–Crippen MR) is 126 cm³/mol. The number of benzene rings is 2. The number of aliphatic carboxylic acids is 1. The van der Waals surface area contributed by atoms with Crippen molar-refractivity contribution in [2.75, 3.05) is 0 Å². The van der Waals surface area contributed by atoms with Crippen LogP contribution in [0.15, 0.2) is 66.9 Å². The van der Waals surface area contributed by atoms with E-state index in [4.69, 9.17) is 15.1 Å². The Labute approximate surface area is 187 Å². The molecule has 0 amide bonds. The number of rotatable bonds is 5. The summed E-state index contributed by atoms with van der Waals surface area (Å²) in [5, 5.41) is 9.01. The molecule has 5 nitrogen and oxygen atoms in total. The summed E-state index contributed by atoms with van der Waals surface area (Å²) in [6.45, 7) is 0. The molecule has 0 unspecified atom stereocenters. The summed E-state index contributed by atoms with van der Waals surface area (Å²) in [7, 11) is 2.02. The van der Waals surface area contributed by atoms with Crippen molar-refractivity contribution in [1.29, 1.82) is 0 Å². The fourth-order valence-electron chi connectivity index (χ4n) is 4.97. The van der Waals surface area contributed by atoms with Gasteiger partial charge in [0.25, 0.3) is 0 Å². The smallest absolute Gasteiger partial charge is 0.303 e. The molecule has 1 N–H and O–H groups in total. The fraction of sp³-hybridized carbons (Fsp3) is 0.296. The second-order valence-electron chi connectivity index (χ2n) is 8.85. The number of hydrogen-bond donors (Lipinski definition) is 1. The van der Waals surface area contributed by atoms with Crippen molar-refractivity contribution >= 4 is 17.0 Å². The van der Waals surface area contributed by atoms with Gasteiger partial charge in [0.1, 0.15) is 5.69 Å². The van der Waals surface area contributed by atoms with Crippen molar-refractivity contribution < 1.29 is 9.90 Å². The van der Waals surface area contributed by atoms with Crippen LogP contribution in [-0.4, -0.2) is 25.6 Å². The second-order valence-corrected chi connectivity index (χ2v) is 8.85. The van der Waals surface area contributed by atoms with E-state index in [1.165, 1.54) is 5.56 Å². The summed E-state index contributed by atoms with van der Waals surface area (Å²) < 4.78 is 2.08. The van der Waals surface area contributed by atoms with Crippen LogP contribution in [0.4, 0.5) is 0 Å². The Hall–Kier alpha value is -3.47. The number of nitrogens with zero attached hydrogens (tertiary/aromatic N) is 3. The average molecular weight is 426 g/mol. The largest absolute Gasteiger partial charge is 0.481 e. The van der Waals surface area contributed by atoms with E-state index in [-0.39, 0.29) is 0 Å². The van der Waals surface area contributed by atoms with Crippen LogP contribution in [0.2, 0.25) is 0 Å². The number of imidazole rings is 1. The van der Waals surface area contributed by atoms with Crippen molar-refractivity contribution in [3.8, 4) is 22.6 Å². The SMILES string of the molecule is Cn1c(-c2ccc(-c3ccc(C4CCC(CC(=O)O)CC4)cc3)cn2)nc2ccccc21. The van der Waals surface area contributed by atoms with Crippen molar-refractivity contribution in [2.45, 2.75) is 38.0 Å². The Kier molecular flexibility index (Phi) is 5.48. The summed E-state index contributed by atoms with van der Waals surface area (Å²) in [5.74, 6) is 1.07. The first-order valence-electron chi connectivity index (χ1n) is 11.3. The van der Waals surface area contributed by atoms with Gasteiger partial charge in [-0.25, -0.2) is 4.98 Å². The van der Waals surface area contributed by atoms with Gasteiger partial charge in [-0.2, -0.15) is 0 Å². The van der Waals surface area contributed by atoms with Crippen LogP contribution < -0.4 is 0 Å². The predicted octanol–water partition coefficient (Wildman–Crippen LogP) is 6.05. The van der Waals surface area contributed by atoms with Gasteiger partial charge in [0.2, 0.25) is 0 Å². The van der Waals surface area contributed by atoms with Crippen LogP contribution in [-0.2, 0) is 11.8 Å². The maximum atomic E-state index is 10.9. The number of aryl methyl sites for hydroxylation is 1. The molecule has 5 heteroatoms. The fourth-order valence-corrected chi connectivity index (χ4v) is 4.97. The van der Waals surface area contributed by atoms with Crippen LogP contribution in [0.3, 0.4) is 0 Å². The standard InChI is InChI=1S/C27H27N3O2/c1-30-25-5-3-2-4-23(25)29-27(30)24-15-14-22(17-28-24)21-12-10-20(11-13-21)19-8-6-18(7-9-19)16-26(31)32/h2-5,10-15,17-19H,6-9,16H2,1H3,(H,31,32). The first kappa shape index (κ1) is 20.4. The Balaban J connectivity index is 1.29. The van der Waals surface area contributed by atoms with E-state index >= 15 is 0 Å². The van der Waals surface area contributed by atoms with Gasteiger partial charge in [0.15, 0.2) is 5.82 Å². The van der Waals surface area contributed by atoms with Crippen LogP contribution in [0, 0.1) is 5.92 Å². The maximum Gasteiger partial charge on any atom is 0.303 e. The topological polar surface area (TPSA) is 68.0 Å². The van der Waals surface area contributed by atoms with Crippen LogP contribution in [0.1, 0.15) is 43.6 Å². The zero-order valence-corrected chi connectivity index (χ0v) is 18.2. The monoisotopic (exact) mass is 425 g/mol. The maximum absolute atomic E-state index is 10.9. The molecule has 0 radical (unpaired) electrons. The highest BCUT2D eigenvalue weighted by Crippen LogP contribution is 2.37. The number of para-hydroxylation sites is 2. The van der Waals surface area contributed by atoms with Crippen LogP contribution in [0.5, 0.6) is 0 Å². The third-order valence-electron chi connectivity index (χ3n) is 6.81. The normalized spacial score (nSPS) is 18.7. The summed E-state index contributed by atoms with van der Waals surface area (Å²) in [5.41, 5.74) is 6.53. The summed E-state index contributed by atoms with van der Waals surface area (Å²) >= 11 is 0. The number of aromatic nitrogens is 3. The molecule has 2 heterocycles. The lowest BCUT2D eigenvalue weighted by Gasteiger charge is -2.28. The highest BCUT2D eigenvalue weighted by molar-refractivity contribution is 5.80. The zero-order valence-electron chi connectivity index (χ0n) is 18.2. The van der Waals surface area contributed by atoms with E-state index < -0.39 is 5.97 Å². The number of carboxylic acid groups (broad SMARTS) is 1. The Bertz CT molecular complexity index is 1230. The zero-order chi connectivity index (χ0) is 22.1. The number of hydrogen-bond acceptors (Lipinski definition) is 3. The molecule has 4 aromatic rings. The number of carbonyl (C=O) groups is 1. The lowest BCUT2D eigenvalue weighted by Crippen LogP contribution is -2.16. The highest BCUT2D eigenvalue weighted by atomic mass is 16.4. The van der Waals surface area contributed by atoms with Gasteiger partial charge in [0.05, 0.1) is 11.0 Å². The van der Waals surface area contributed by atoms with Gasteiger partial charge in [-0.1, -0.05) is 42.5 Å². The molecule has 0 saturated heterocycles. The number of pyridine rings is 1. The van der Waals surface area contributed by atoms with E-state index in [9.17, 15) is 4.79 Å². The van der Waals surface area contributed by atoms with E-state index in [0.29, 0.717) is 18.3 Å². The average Bonchev–Trinajstić information content (AvgIpc) is 3.16. The molecule has 0 aliphatic heterocycles. The second kappa shape index (κ2) is 8.58. The highest BCUT2D eigenvalue weighted by Gasteiger charge is 2.24. The summed E-state index contributed by atoms with van der Waals surface area (Å²) in [6, 6.07) is 21.0. The first-order chi connectivity index (χ1) is 15.6. The van der Waals surface area contributed by atoms with Crippen LogP contribution in [0.25, 0.3) is 33.7 Å². The van der Waals surface area contributed by atoms with Gasteiger partial charge >= 0.3 is 5.97 Å². The molecule has 0 bridgehead atoms. The molecule has 2 aromatic heterocycles. The lowest BCUT2D eigenvalue weighted by molar-refractivity contribution is -0.138. The van der Waals surface area contributed by atoms with E-state index in [0.717, 1.165) is 59.4 Å². The van der Waals surface area contributed by atoms with E-state index in [2.05, 4.69) is 41.0 Å². The molecule has 1 fully saturated rings. The van der Waals surface area contributed by atoms with Crippen LogP contribution >= 0.6 is 0 Å². The molecular weight excluding hydrogens is 398 g/mol. The molecule has 32 heavy (non-hydrogen) atoms. The Morgan fingerprint density at radius 1 is 0.969 bits per heavy atom. The Morgan fingerprint density at radius 3 is 2.34 bits per heavy atom.